The second-order valence-corrected chi connectivity index (χ2v) is 6.75. The van der Waals surface area contributed by atoms with Gasteiger partial charge < -0.3 is 14.3 Å². The first-order valence-corrected chi connectivity index (χ1v) is 8.92. The number of allylic oxidation sites excluding steroid dienone is 4. The highest BCUT2D eigenvalue weighted by atomic mass is 19.1. The molecule has 0 bridgehead atoms. The molecular formula is C20H19FN4O. The van der Waals surface area contributed by atoms with E-state index in [1.807, 2.05) is 24.8 Å². The van der Waals surface area contributed by atoms with Crippen LogP contribution in [0.2, 0.25) is 0 Å². The van der Waals surface area contributed by atoms with E-state index in [1.54, 1.807) is 6.08 Å². The Kier molecular flexibility index (Phi) is 3.71. The van der Waals surface area contributed by atoms with Crippen molar-refractivity contribution in [1.82, 2.24) is 14.5 Å². The molecule has 2 aromatic rings. The Morgan fingerprint density at radius 3 is 3.04 bits per heavy atom. The number of hydrogen-bond donors (Lipinski definition) is 1. The minimum Gasteiger partial charge on any atom is -0.379 e. The third-order valence-electron chi connectivity index (χ3n) is 5.21. The number of aromatic amines is 1. The molecule has 0 radical (unpaired) electrons. The minimum absolute atomic E-state index is 0.190. The quantitative estimate of drug-likeness (QED) is 0.859. The molecule has 3 aliphatic rings. The van der Waals surface area contributed by atoms with E-state index >= 15 is 0 Å². The number of nitrogens with one attached hydrogen (secondary N) is 1. The van der Waals surface area contributed by atoms with Crippen molar-refractivity contribution in [2.75, 3.05) is 13.2 Å². The molecule has 132 valence electrons. The fourth-order valence-electron chi connectivity index (χ4n) is 3.89. The van der Waals surface area contributed by atoms with Gasteiger partial charge >= 0.3 is 0 Å². The van der Waals surface area contributed by atoms with Gasteiger partial charge in [-0.3, -0.25) is 0 Å². The number of rotatable bonds is 1. The van der Waals surface area contributed by atoms with Crippen LogP contribution in [0.4, 0.5) is 10.2 Å². The fraction of sp³-hybridized carbons (Fsp3) is 0.300. The first-order chi connectivity index (χ1) is 12.8. The summed E-state index contributed by atoms with van der Waals surface area (Å²) in [5.41, 5.74) is 3.34. The summed E-state index contributed by atoms with van der Waals surface area (Å²) in [6, 6.07) is 2.34. The average molecular weight is 350 g/mol. The lowest BCUT2D eigenvalue weighted by Gasteiger charge is -2.15. The SMILES string of the molecule is FC1=CCC(=c2ncn(C3CCOC3)c2=C2CC=Nc3[nH]ccc32)C=C1. The Morgan fingerprint density at radius 1 is 1.27 bits per heavy atom. The summed E-state index contributed by atoms with van der Waals surface area (Å²) in [6.45, 7) is 1.47. The van der Waals surface area contributed by atoms with Gasteiger partial charge in [0.25, 0.3) is 0 Å². The summed E-state index contributed by atoms with van der Waals surface area (Å²) < 4.78 is 21.3. The lowest BCUT2D eigenvalue weighted by Crippen LogP contribution is -2.37. The number of ether oxygens (including phenoxy) is 1. The number of imidazole rings is 1. The molecule has 1 unspecified atom stereocenters. The molecule has 0 aromatic carbocycles. The van der Waals surface area contributed by atoms with E-state index in [9.17, 15) is 4.39 Å². The predicted molar refractivity (Wildman–Crippen MR) is 98.4 cm³/mol. The lowest BCUT2D eigenvalue weighted by atomic mass is 10.0. The summed E-state index contributed by atoms with van der Waals surface area (Å²) in [5.74, 6) is 0.687. The highest BCUT2D eigenvalue weighted by Gasteiger charge is 2.22. The van der Waals surface area contributed by atoms with Gasteiger partial charge in [0.1, 0.15) is 11.6 Å². The predicted octanol–water partition coefficient (Wildman–Crippen LogP) is 2.44. The average Bonchev–Trinajstić information content (AvgIpc) is 3.41. The normalized spacial score (nSPS) is 26.2. The second-order valence-electron chi connectivity index (χ2n) is 6.75. The number of fused-ring (bicyclic) bond motifs is 1. The van der Waals surface area contributed by atoms with E-state index in [4.69, 9.17) is 9.72 Å². The van der Waals surface area contributed by atoms with Crippen LogP contribution in [0.5, 0.6) is 0 Å². The van der Waals surface area contributed by atoms with Crippen LogP contribution in [0, 0.1) is 0 Å². The molecule has 2 aromatic heterocycles. The number of aromatic nitrogens is 3. The molecule has 1 atom stereocenters. The van der Waals surface area contributed by atoms with Crippen LogP contribution in [0.1, 0.15) is 30.9 Å². The van der Waals surface area contributed by atoms with Gasteiger partial charge in [-0.2, -0.15) is 0 Å². The van der Waals surface area contributed by atoms with Crippen LogP contribution in [0.15, 0.2) is 47.6 Å². The van der Waals surface area contributed by atoms with E-state index in [2.05, 4.69) is 20.6 Å². The number of hydrogen-bond acceptors (Lipinski definition) is 3. The maximum atomic E-state index is 13.4. The van der Waals surface area contributed by atoms with Crippen molar-refractivity contribution >= 4 is 23.2 Å². The highest BCUT2D eigenvalue weighted by Crippen LogP contribution is 2.29. The maximum Gasteiger partial charge on any atom is 0.137 e. The molecule has 4 heterocycles. The highest BCUT2D eigenvalue weighted by molar-refractivity contribution is 5.88. The fourth-order valence-corrected chi connectivity index (χ4v) is 3.89. The van der Waals surface area contributed by atoms with Crippen LogP contribution in [-0.4, -0.2) is 34.0 Å². The summed E-state index contributed by atoms with van der Waals surface area (Å²) in [5, 5.41) is 2.03. The van der Waals surface area contributed by atoms with Crippen molar-refractivity contribution < 1.29 is 9.13 Å². The Hall–Kier alpha value is -2.73. The van der Waals surface area contributed by atoms with Gasteiger partial charge in [-0.15, -0.1) is 0 Å². The molecule has 6 heteroatoms. The summed E-state index contributed by atoms with van der Waals surface area (Å²) in [6.07, 6.45) is 13.0. The number of nitrogens with zero attached hydrogens (tertiary/aromatic N) is 3. The van der Waals surface area contributed by atoms with Gasteiger partial charge in [0.2, 0.25) is 0 Å². The van der Waals surface area contributed by atoms with Crippen molar-refractivity contribution in [3.05, 3.63) is 58.9 Å². The summed E-state index contributed by atoms with van der Waals surface area (Å²) in [7, 11) is 0. The Morgan fingerprint density at radius 2 is 2.23 bits per heavy atom. The molecule has 1 aliphatic carbocycles. The maximum absolute atomic E-state index is 13.4. The molecule has 2 aliphatic heterocycles. The van der Waals surface area contributed by atoms with E-state index in [0.29, 0.717) is 13.0 Å². The lowest BCUT2D eigenvalue weighted by molar-refractivity contribution is 0.186. The Bertz CT molecular complexity index is 1060. The van der Waals surface area contributed by atoms with Gasteiger partial charge in [0, 0.05) is 31.0 Å². The van der Waals surface area contributed by atoms with Gasteiger partial charge in [0.15, 0.2) is 0 Å². The number of aliphatic imine (C=N–C) groups is 1. The topological polar surface area (TPSA) is 55.2 Å². The molecule has 0 amide bonds. The number of H-pyrrole nitrogens is 1. The van der Waals surface area contributed by atoms with Crippen LogP contribution < -0.4 is 10.7 Å². The largest absolute Gasteiger partial charge is 0.379 e. The van der Waals surface area contributed by atoms with Crippen molar-refractivity contribution in [3.63, 3.8) is 0 Å². The van der Waals surface area contributed by atoms with Crippen LogP contribution in [0.25, 0.3) is 11.1 Å². The third kappa shape index (κ3) is 2.49. The van der Waals surface area contributed by atoms with Crippen molar-refractivity contribution in [2.45, 2.75) is 25.3 Å². The van der Waals surface area contributed by atoms with Crippen molar-refractivity contribution in [1.29, 1.82) is 0 Å². The van der Waals surface area contributed by atoms with E-state index in [-0.39, 0.29) is 11.9 Å². The van der Waals surface area contributed by atoms with Gasteiger partial charge in [0.05, 0.1) is 29.7 Å². The first-order valence-electron chi connectivity index (χ1n) is 8.92. The molecule has 1 saturated heterocycles. The van der Waals surface area contributed by atoms with Gasteiger partial charge in [-0.25, -0.2) is 14.4 Å². The zero-order valence-corrected chi connectivity index (χ0v) is 14.3. The molecular weight excluding hydrogens is 331 g/mol. The molecule has 5 rings (SSSR count). The van der Waals surface area contributed by atoms with Crippen molar-refractivity contribution in [2.24, 2.45) is 4.99 Å². The molecule has 5 nitrogen and oxygen atoms in total. The second kappa shape index (κ2) is 6.21. The van der Waals surface area contributed by atoms with E-state index in [0.717, 1.165) is 47.1 Å². The Labute approximate surface area is 149 Å². The Balaban J connectivity index is 1.82. The molecule has 0 saturated carbocycles. The minimum atomic E-state index is -0.190. The van der Waals surface area contributed by atoms with Crippen LogP contribution in [0.3, 0.4) is 0 Å². The first kappa shape index (κ1) is 15.5. The van der Waals surface area contributed by atoms with Gasteiger partial charge in [-0.1, -0.05) is 6.08 Å². The monoisotopic (exact) mass is 350 g/mol. The number of halogens is 1. The summed E-state index contributed by atoms with van der Waals surface area (Å²) in [4.78, 5) is 12.4. The van der Waals surface area contributed by atoms with Gasteiger partial charge in [-0.05, 0) is 42.2 Å². The smallest absolute Gasteiger partial charge is 0.137 e. The van der Waals surface area contributed by atoms with Crippen LogP contribution in [-0.2, 0) is 4.74 Å². The van der Waals surface area contributed by atoms with E-state index in [1.165, 1.54) is 11.6 Å². The molecule has 1 N–H and O–H groups in total. The molecule has 0 spiro atoms. The third-order valence-corrected chi connectivity index (χ3v) is 5.21. The van der Waals surface area contributed by atoms with Crippen molar-refractivity contribution in [3.8, 4) is 0 Å². The molecule has 26 heavy (non-hydrogen) atoms. The van der Waals surface area contributed by atoms with Crippen LogP contribution >= 0.6 is 0 Å². The zero-order valence-electron chi connectivity index (χ0n) is 14.3. The molecule has 1 fully saturated rings. The van der Waals surface area contributed by atoms with E-state index < -0.39 is 0 Å². The zero-order chi connectivity index (χ0) is 17.5. The summed E-state index contributed by atoms with van der Waals surface area (Å²) >= 11 is 0. The standard InChI is InChI=1S/C20H19FN4O/c21-14-3-1-13(2-4-14)18-19(25(12-24-18)15-7-10-26-11-15)16-5-8-22-20-17(16)6-9-23-20/h1,3-4,6,8-9,12,15,23H,2,5,7,10-11H2.